The van der Waals surface area contributed by atoms with Crippen LogP contribution in [0.3, 0.4) is 0 Å². The van der Waals surface area contributed by atoms with E-state index < -0.39 is 5.60 Å². The maximum absolute atomic E-state index is 11.3. The van der Waals surface area contributed by atoms with Gasteiger partial charge in [-0.1, -0.05) is 47.5 Å². The molecule has 2 heterocycles. The third-order valence-electron chi connectivity index (χ3n) is 6.34. The maximum atomic E-state index is 11.3. The fourth-order valence-corrected chi connectivity index (χ4v) is 4.85. The monoisotopic (exact) mass is 460 g/mol. The van der Waals surface area contributed by atoms with E-state index in [1.807, 2.05) is 38.1 Å². The van der Waals surface area contributed by atoms with E-state index in [1.165, 1.54) is 11.1 Å². The van der Waals surface area contributed by atoms with E-state index in [4.69, 9.17) is 11.6 Å². The van der Waals surface area contributed by atoms with Crippen LogP contribution in [0.15, 0.2) is 60.8 Å². The molecule has 0 bridgehead atoms. The SMILES string of the molecule is Cc1cccc([C@@H]2CN(C[C@@](C)(O)c3ccc(C)nc3)CCN2c2ccc(C#N)cc2Cl)c1. The molecule has 5 nitrogen and oxygen atoms in total. The summed E-state index contributed by atoms with van der Waals surface area (Å²) < 4.78 is 0. The highest BCUT2D eigenvalue weighted by Crippen LogP contribution is 2.36. The highest BCUT2D eigenvalue weighted by Gasteiger charge is 2.34. The van der Waals surface area contributed by atoms with Crippen LogP contribution in [0.25, 0.3) is 0 Å². The molecule has 1 aliphatic heterocycles. The van der Waals surface area contributed by atoms with E-state index in [9.17, 15) is 10.4 Å². The van der Waals surface area contributed by atoms with Crippen molar-refractivity contribution in [3.05, 3.63) is 93.8 Å². The topological polar surface area (TPSA) is 63.4 Å². The number of aromatic nitrogens is 1. The van der Waals surface area contributed by atoms with Gasteiger partial charge in [0, 0.05) is 43.6 Å². The summed E-state index contributed by atoms with van der Waals surface area (Å²) in [6, 6.07) is 20.1. The van der Waals surface area contributed by atoms with Gasteiger partial charge in [-0.15, -0.1) is 0 Å². The zero-order chi connectivity index (χ0) is 23.6. The number of β-amino-alcohol motifs (C(OH)–C–C–N with tert-alkyl or cyclic N) is 1. The molecular formula is C27H29ClN4O. The van der Waals surface area contributed by atoms with Crippen molar-refractivity contribution >= 4 is 17.3 Å². The van der Waals surface area contributed by atoms with Crippen LogP contribution in [0.4, 0.5) is 5.69 Å². The second kappa shape index (κ2) is 9.52. The first-order valence-corrected chi connectivity index (χ1v) is 11.6. The average Bonchev–Trinajstić information content (AvgIpc) is 2.79. The molecule has 0 unspecified atom stereocenters. The van der Waals surface area contributed by atoms with Gasteiger partial charge in [-0.2, -0.15) is 5.26 Å². The summed E-state index contributed by atoms with van der Waals surface area (Å²) >= 11 is 6.61. The predicted octanol–water partition coefficient (Wildman–Crippen LogP) is 4.99. The number of hydrogen-bond acceptors (Lipinski definition) is 5. The molecule has 33 heavy (non-hydrogen) atoms. The van der Waals surface area contributed by atoms with Crippen LogP contribution >= 0.6 is 11.6 Å². The second-order valence-corrected chi connectivity index (χ2v) is 9.51. The van der Waals surface area contributed by atoms with Crippen LogP contribution < -0.4 is 4.90 Å². The van der Waals surface area contributed by atoms with E-state index in [2.05, 4.69) is 52.0 Å². The normalized spacial score (nSPS) is 18.5. The van der Waals surface area contributed by atoms with Crippen molar-refractivity contribution in [1.29, 1.82) is 5.26 Å². The lowest BCUT2D eigenvalue weighted by Gasteiger charge is -2.45. The van der Waals surface area contributed by atoms with Gasteiger partial charge in [0.2, 0.25) is 0 Å². The summed E-state index contributed by atoms with van der Waals surface area (Å²) in [5.41, 5.74) is 4.63. The molecule has 1 fully saturated rings. The first-order valence-electron chi connectivity index (χ1n) is 11.2. The lowest BCUT2D eigenvalue weighted by atomic mass is 9.94. The molecule has 170 valence electrons. The minimum atomic E-state index is -1.01. The minimum Gasteiger partial charge on any atom is -0.384 e. The van der Waals surface area contributed by atoms with Crippen LogP contribution in [0.1, 0.15) is 40.9 Å². The maximum Gasteiger partial charge on any atom is 0.101 e. The number of halogens is 1. The molecular weight excluding hydrogens is 432 g/mol. The molecule has 2 atom stereocenters. The van der Waals surface area contributed by atoms with E-state index in [0.29, 0.717) is 17.1 Å². The third-order valence-corrected chi connectivity index (χ3v) is 6.65. The Morgan fingerprint density at radius 3 is 2.64 bits per heavy atom. The number of nitriles is 1. The Morgan fingerprint density at radius 1 is 1.15 bits per heavy atom. The Labute approximate surface area is 200 Å². The van der Waals surface area contributed by atoms with E-state index in [0.717, 1.165) is 36.6 Å². The molecule has 0 amide bonds. The van der Waals surface area contributed by atoms with Gasteiger partial charge >= 0.3 is 0 Å². The number of pyridine rings is 1. The molecule has 0 radical (unpaired) electrons. The number of anilines is 1. The molecule has 1 aromatic heterocycles. The molecule has 0 spiro atoms. The van der Waals surface area contributed by atoms with Crippen molar-refractivity contribution in [1.82, 2.24) is 9.88 Å². The molecule has 0 saturated carbocycles. The molecule has 6 heteroatoms. The Bertz CT molecular complexity index is 1170. The fourth-order valence-electron chi connectivity index (χ4n) is 4.56. The summed E-state index contributed by atoms with van der Waals surface area (Å²) in [5, 5.41) is 21.1. The number of benzene rings is 2. The van der Waals surface area contributed by atoms with E-state index in [1.54, 1.807) is 12.3 Å². The van der Waals surface area contributed by atoms with Crippen molar-refractivity contribution in [2.45, 2.75) is 32.4 Å². The van der Waals surface area contributed by atoms with Crippen LogP contribution in [0.2, 0.25) is 5.02 Å². The smallest absolute Gasteiger partial charge is 0.101 e. The Morgan fingerprint density at radius 2 is 1.97 bits per heavy atom. The summed E-state index contributed by atoms with van der Waals surface area (Å²) in [7, 11) is 0. The zero-order valence-electron chi connectivity index (χ0n) is 19.3. The number of hydrogen-bond donors (Lipinski definition) is 1. The van der Waals surface area contributed by atoms with E-state index >= 15 is 0 Å². The summed E-state index contributed by atoms with van der Waals surface area (Å²) in [5.74, 6) is 0. The van der Waals surface area contributed by atoms with Gasteiger partial charge in [0.25, 0.3) is 0 Å². The van der Waals surface area contributed by atoms with Gasteiger partial charge in [-0.05, 0) is 50.6 Å². The summed E-state index contributed by atoms with van der Waals surface area (Å²) in [6.07, 6.45) is 1.76. The first-order chi connectivity index (χ1) is 15.8. The van der Waals surface area contributed by atoms with Crippen LogP contribution in [-0.4, -0.2) is 41.2 Å². The number of aliphatic hydroxyl groups is 1. The van der Waals surface area contributed by atoms with Gasteiger partial charge < -0.3 is 10.0 Å². The number of aryl methyl sites for hydroxylation is 2. The second-order valence-electron chi connectivity index (χ2n) is 9.10. The first kappa shape index (κ1) is 23.3. The van der Waals surface area contributed by atoms with Crippen molar-refractivity contribution in [2.24, 2.45) is 0 Å². The average molecular weight is 461 g/mol. The molecule has 0 aliphatic carbocycles. The molecule has 3 aromatic rings. The van der Waals surface area contributed by atoms with Gasteiger partial charge in [0.1, 0.15) is 5.60 Å². The number of rotatable bonds is 5. The molecule has 2 aromatic carbocycles. The van der Waals surface area contributed by atoms with Gasteiger partial charge in [-0.25, -0.2) is 0 Å². The van der Waals surface area contributed by atoms with Gasteiger partial charge in [0.15, 0.2) is 0 Å². The van der Waals surface area contributed by atoms with Crippen molar-refractivity contribution < 1.29 is 5.11 Å². The van der Waals surface area contributed by atoms with Crippen molar-refractivity contribution in [2.75, 3.05) is 31.1 Å². The lowest BCUT2D eigenvalue weighted by molar-refractivity contribution is 0.0100. The number of piperazine rings is 1. The Hall–Kier alpha value is -2.91. The highest BCUT2D eigenvalue weighted by molar-refractivity contribution is 6.33. The van der Waals surface area contributed by atoms with Crippen LogP contribution in [0.5, 0.6) is 0 Å². The summed E-state index contributed by atoms with van der Waals surface area (Å²) in [6.45, 7) is 8.69. The van der Waals surface area contributed by atoms with Crippen LogP contribution in [0, 0.1) is 25.2 Å². The standard InChI is InChI=1S/C27H29ClN4O/c1-19-5-4-6-22(13-19)26-17-31(18-27(3,33)23-9-7-20(2)30-16-23)11-12-32(26)25-10-8-21(15-29)14-24(25)28/h4-10,13-14,16,26,33H,11-12,17-18H2,1-3H3/t26-,27+/m0/s1. The fraction of sp³-hybridized carbons (Fsp3) is 0.333. The Balaban J connectivity index is 1.63. The Kier molecular flexibility index (Phi) is 6.71. The zero-order valence-corrected chi connectivity index (χ0v) is 20.0. The lowest BCUT2D eigenvalue weighted by Crippen LogP contribution is -2.52. The molecule has 1 aliphatic rings. The van der Waals surface area contributed by atoms with Crippen molar-refractivity contribution in [3.8, 4) is 6.07 Å². The molecule has 1 N–H and O–H groups in total. The van der Waals surface area contributed by atoms with Gasteiger partial charge in [0.05, 0.1) is 28.4 Å². The number of nitrogens with zero attached hydrogens (tertiary/aromatic N) is 4. The van der Waals surface area contributed by atoms with Crippen LogP contribution in [-0.2, 0) is 5.60 Å². The minimum absolute atomic E-state index is 0.0658. The van der Waals surface area contributed by atoms with Crippen molar-refractivity contribution in [3.63, 3.8) is 0 Å². The highest BCUT2D eigenvalue weighted by atomic mass is 35.5. The van der Waals surface area contributed by atoms with Gasteiger partial charge in [-0.3, -0.25) is 9.88 Å². The molecule has 1 saturated heterocycles. The third kappa shape index (κ3) is 5.20. The predicted molar refractivity (Wildman–Crippen MR) is 132 cm³/mol. The van der Waals surface area contributed by atoms with E-state index in [-0.39, 0.29) is 6.04 Å². The largest absolute Gasteiger partial charge is 0.384 e. The molecule has 4 rings (SSSR count). The summed E-state index contributed by atoms with van der Waals surface area (Å²) in [4.78, 5) is 8.98. The quantitative estimate of drug-likeness (QED) is 0.580.